The van der Waals surface area contributed by atoms with Crippen LogP contribution >= 0.6 is 0 Å². The molecular formula is C14H18N2O4. The number of nitrogens with zero attached hydrogens (tertiary/aromatic N) is 2. The molecule has 2 rings (SSSR count). The summed E-state index contributed by atoms with van der Waals surface area (Å²) < 4.78 is 5.38. The molecule has 1 unspecified atom stereocenters. The number of amides is 1. The lowest BCUT2D eigenvalue weighted by atomic mass is 10.1. The van der Waals surface area contributed by atoms with Crippen LogP contribution in [0.15, 0.2) is 18.3 Å². The van der Waals surface area contributed by atoms with E-state index in [1.54, 1.807) is 11.0 Å². The molecular weight excluding hydrogens is 260 g/mol. The van der Waals surface area contributed by atoms with E-state index in [0.29, 0.717) is 37.8 Å². The van der Waals surface area contributed by atoms with Gasteiger partial charge in [0.1, 0.15) is 5.69 Å². The zero-order valence-corrected chi connectivity index (χ0v) is 11.4. The number of carbonyl (C=O) groups is 2. The lowest BCUT2D eigenvalue weighted by Crippen LogP contribution is -2.29. The van der Waals surface area contributed by atoms with Gasteiger partial charge in [0, 0.05) is 37.4 Å². The highest BCUT2D eigenvalue weighted by molar-refractivity contribution is 5.96. The van der Waals surface area contributed by atoms with Crippen LogP contribution in [0, 0.1) is 5.92 Å². The highest BCUT2D eigenvalue weighted by Gasteiger charge is 2.27. The molecule has 0 spiro atoms. The second kappa shape index (κ2) is 6.47. The quantitative estimate of drug-likeness (QED) is 0.877. The van der Waals surface area contributed by atoms with Crippen molar-refractivity contribution in [3.8, 4) is 0 Å². The summed E-state index contributed by atoms with van der Waals surface area (Å²) in [5.74, 6) is -0.913. The summed E-state index contributed by atoms with van der Waals surface area (Å²) in [6.07, 6.45) is 2.27. The van der Waals surface area contributed by atoms with Gasteiger partial charge < -0.3 is 14.7 Å². The van der Waals surface area contributed by atoms with Crippen molar-refractivity contribution in [2.75, 3.05) is 26.3 Å². The predicted molar refractivity (Wildman–Crippen MR) is 71.7 cm³/mol. The van der Waals surface area contributed by atoms with Crippen molar-refractivity contribution in [3.05, 3.63) is 29.6 Å². The van der Waals surface area contributed by atoms with Crippen molar-refractivity contribution in [2.45, 2.75) is 13.3 Å². The summed E-state index contributed by atoms with van der Waals surface area (Å²) in [6.45, 7) is 4.63. The SMILES string of the molecule is CCOCC1CCN(C(=O)c2ccnc(C(=O)O)c2)C1. The number of hydrogen-bond acceptors (Lipinski definition) is 4. The van der Waals surface area contributed by atoms with Crippen molar-refractivity contribution in [2.24, 2.45) is 5.92 Å². The molecule has 0 bridgehead atoms. The summed E-state index contributed by atoms with van der Waals surface area (Å²) in [5.41, 5.74) is 0.260. The van der Waals surface area contributed by atoms with E-state index in [-0.39, 0.29) is 11.6 Å². The van der Waals surface area contributed by atoms with Crippen molar-refractivity contribution < 1.29 is 19.4 Å². The Kier molecular flexibility index (Phi) is 4.68. The molecule has 1 N–H and O–H groups in total. The molecule has 1 saturated heterocycles. The number of likely N-dealkylation sites (tertiary alicyclic amines) is 1. The number of rotatable bonds is 5. The van der Waals surface area contributed by atoms with Gasteiger partial charge in [-0.25, -0.2) is 9.78 Å². The maximum Gasteiger partial charge on any atom is 0.354 e. The third-order valence-corrected chi connectivity index (χ3v) is 3.36. The number of hydrogen-bond donors (Lipinski definition) is 1. The Labute approximate surface area is 117 Å². The minimum atomic E-state index is -1.13. The Morgan fingerprint density at radius 2 is 2.35 bits per heavy atom. The normalized spacial score (nSPS) is 18.2. The van der Waals surface area contributed by atoms with E-state index < -0.39 is 5.97 Å². The summed E-state index contributed by atoms with van der Waals surface area (Å²) in [6, 6.07) is 2.87. The van der Waals surface area contributed by atoms with Crippen LogP contribution in [0.2, 0.25) is 0 Å². The summed E-state index contributed by atoms with van der Waals surface area (Å²) >= 11 is 0. The molecule has 0 aromatic carbocycles. The summed E-state index contributed by atoms with van der Waals surface area (Å²) in [7, 11) is 0. The van der Waals surface area contributed by atoms with Crippen molar-refractivity contribution >= 4 is 11.9 Å². The number of aromatic carboxylic acids is 1. The largest absolute Gasteiger partial charge is 0.477 e. The van der Waals surface area contributed by atoms with Crippen LogP contribution < -0.4 is 0 Å². The Balaban J connectivity index is 2.01. The minimum Gasteiger partial charge on any atom is -0.477 e. The standard InChI is InChI=1S/C14H18N2O4/c1-2-20-9-10-4-6-16(8-10)13(17)11-3-5-15-12(7-11)14(18)19/h3,5,7,10H,2,4,6,8-9H2,1H3,(H,18,19). The fourth-order valence-corrected chi connectivity index (χ4v) is 2.30. The van der Waals surface area contributed by atoms with E-state index in [1.807, 2.05) is 6.92 Å². The average molecular weight is 278 g/mol. The highest BCUT2D eigenvalue weighted by Crippen LogP contribution is 2.19. The molecule has 20 heavy (non-hydrogen) atoms. The first-order valence-electron chi connectivity index (χ1n) is 6.68. The Morgan fingerprint density at radius 1 is 1.55 bits per heavy atom. The van der Waals surface area contributed by atoms with Gasteiger partial charge in [-0.15, -0.1) is 0 Å². The number of pyridine rings is 1. The molecule has 2 heterocycles. The summed E-state index contributed by atoms with van der Waals surface area (Å²) in [5, 5.41) is 8.89. The van der Waals surface area contributed by atoms with Crippen LogP contribution in [0.5, 0.6) is 0 Å². The minimum absolute atomic E-state index is 0.110. The third kappa shape index (κ3) is 3.33. The zero-order chi connectivity index (χ0) is 14.5. The molecule has 0 saturated carbocycles. The van der Waals surface area contributed by atoms with Crippen molar-refractivity contribution in [3.63, 3.8) is 0 Å². The van der Waals surface area contributed by atoms with Gasteiger partial charge in [-0.2, -0.15) is 0 Å². The van der Waals surface area contributed by atoms with Gasteiger partial charge in [-0.05, 0) is 25.5 Å². The Bertz CT molecular complexity index is 504. The van der Waals surface area contributed by atoms with Crippen LogP contribution in [-0.2, 0) is 4.74 Å². The number of ether oxygens (including phenoxy) is 1. The molecule has 1 atom stereocenters. The molecule has 108 valence electrons. The first kappa shape index (κ1) is 14.5. The van der Waals surface area contributed by atoms with Crippen molar-refractivity contribution in [1.29, 1.82) is 0 Å². The lowest BCUT2D eigenvalue weighted by Gasteiger charge is -2.16. The van der Waals surface area contributed by atoms with E-state index in [9.17, 15) is 9.59 Å². The van der Waals surface area contributed by atoms with Crippen LogP contribution in [0.4, 0.5) is 0 Å². The molecule has 6 heteroatoms. The first-order chi connectivity index (χ1) is 9.61. The second-order valence-corrected chi connectivity index (χ2v) is 4.80. The van der Waals surface area contributed by atoms with E-state index in [0.717, 1.165) is 6.42 Å². The summed E-state index contributed by atoms with van der Waals surface area (Å²) in [4.78, 5) is 28.6. The predicted octanol–water partition coefficient (Wildman–Crippen LogP) is 1.28. The molecule has 1 aromatic heterocycles. The van der Waals surface area contributed by atoms with Gasteiger partial charge in [-0.3, -0.25) is 4.79 Å². The molecule has 1 aliphatic rings. The van der Waals surface area contributed by atoms with Crippen LogP contribution in [0.1, 0.15) is 34.2 Å². The highest BCUT2D eigenvalue weighted by atomic mass is 16.5. The molecule has 1 amide bonds. The fraction of sp³-hybridized carbons (Fsp3) is 0.500. The molecule has 1 fully saturated rings. The van der Waals surface area contributed by atoms with Gasteiger partial charge in [0.15, 0.2) is 0 Å². The third-order valence-electron chi connectivity index (χ3n) is 3.36. The Morgan fingerprint density at radius 3 is 3.05 bits per heavy atom. The smallest absolute Gasteiger partial charge is 0.354 e. The van der Waals surface area contributed by atoms with Crippen LogP contribution in [0.3, 0.4) is 0 Å². The van der Waals surface area contributed by atoms with Gasteiger partial charge in [0.2, 0.25) is 0 Å². The van der Waals surface area contributed by atoms with E-state index in [4.69, 9.17) is 9.84 Å². The van der Waals surface area contributed by atoms with Gasteiger partial charge >= 0.3 is 5.97 Å². The lowest BCUT2D eigenvalue weighted by molar-refractivity contribution is 0.0690. The molecule has 0 aliphatic carbocycles. The maximum absolute atomic E-state index is 12.3. The number of carboxylic acids is 1. The van der Waals surface area contributed by atoms with Gasteiger partial charge in [0.05, 0.1) is 6.61 Å². The zero-order valence-electron chi connectivity index (χ0n) is 11.4. The van der Waals surface area contributed by atoms with Crippen LogP contribution in [0.25, 0.3) is 0 Å². The maximum atomic E-state index is 12.3. The van der Waals surface area contributed by atoms with Crippen LogP contribution in [-0.4, -0.2) is 53.2 Å². The van der Waals surface area contributed by atoms with E-state index in [2.05, 4.69) is 4.98 Å². The molecule has 6 nitrogen and oxygen atoms in total. The number of carbonyl (C=O) groups excluding carboxylic acids is 1. The first-order valence-corrected chi connectivity index (χ1v) is 6.68. The van der Waals surface area contributed by atoms with E-state index >= 15 is 0 Å². The average Bonchev–Trinajstić information content (AvgIpc) is 2.93. The topological polar surface area (TPSA) is 79.7 Å². The Hall–Kier alpha value is -1.95. The van der Waals surface area contributed by atoms with Crippen molar-refractivity contribution in [1.82, 2.24) is 9.88 Å². The van der Waals surface area contributed by atoms with Gasteiger partial charge in [0.25, 0.3) is 5.91 Å². The fourth-order valence-electron chi connectivity index (χ4n) is 2.30. The number of aromatic nitrogens is 1. The molecule has 0 radical (unpaired) electrons. The number of carboxylic acid groups (broad SMARTS) is 1. The molecule has 1 aliphatic heterocycles. The second-order valence-electron chi connectivity index (χ2n) is 4.80. The van der Waals surface area contributed by atoms with Gasteiger partial charge in [-0.1, -0.05) is 0 Å². The van der Waals surface area contributed by atoms with E-state index in [1.165, 1.54) is 12.3 Å². The molecule has 1 aromatic rings. The monoisotopic (exact) mass is 278 g/mol.